The van der Waals surface area contributed by atoms with Crippen molar-refractivity contribution in [2.45, 2.75) is 20.4 Å². The molecule has 2 aromatic rings. The van der Waals surface area contributed by atoms with Crippen molar-refractivity contribution in [1.29, 1.82) is 0 Å². The number of hydrogen-bond donors (Lipinski definition) is 1. The van der Waals surface area contributed by atoms with Gasteiger partial charge in [-0.1, -0.05) is 11.6 Å². The first-order valence-electron chi connectivity index (χ1n) is 4.92. The second kappa shape index (κ2) is 4.80. The van der Waals surface area contributed by atoms with Gasteiger partial charge in [-0.25, -0.2) is 9.97 Å². The molecule has 0 saturated carbocycles. The minimum Gasteiger partial charge on any atom is -0.363 e. The van der Waals surface area contributed by atoms with Crippen LogP contribution in [0.5, 0.6) is 0 Å². The minimum absolute atomic E-state index is 0.429. The van der Waals surface area contributed by atoms with Gasteiger partial charge in [0.1, 0.15) is 0 Å². The minimum atomic E-state index is 0.429. The molecule has 16 heavy (non-hydrogen) atoms. The van der Waals surface area contributed by atoms with E-state index in [4.69, 9.17) is 11.6 Å². The van der Waals surface area contributed by atoms with Gasteiger partial charge in [0.05, 0.1) is 11.4 Å². The molecule has 0 fully saturated rings. The quantitative estimate of drug-likeness (QED) is 0.911. The third-order valence-corrected chi connectivity index (χ3v) is 3.30. The van der Waals surface area contributed by atoms with Crippen LogP contribution in [0.15, 0.2) is 16.8 Å². The topological polar surface area (TPSA) is 37.8 Å². The van der Waals surface area contributed by atoms with E-state index >= 15 is 0 Å². The normalized spacial score (nSPS) is 10.4. The lowest BCUT2D eigenvalue weighted by atomic mass is 10.3. The Kier molecular flexibility index (Phi) is 3.41. The van der Waals surface area contributed by atoms with Gasteiger partial charge in [-0.3, -0.25) is 0 Å². The maximum absolute atomic E-state index is 6.01. The van der Waals surface area contributed by atoms with E-state index in [2.05, 4.69) is 26.7 Å². The first-order valence-corrected chi connectivity index (χ1v) is 6.24. The molecule has 3 nitrogen and oxygen atoms in total. The van der Waals surface area contributed by atoms with Crippen molar-refractivity contribution in [3.05, 3.63) is 38.9 Å². The Balaban J connectivity index is 2.12. The number of halogens is 1. The van der Waals surface area contributed by atoms with Crippen molar-refractivity contribution in [2.75, 3.05) is 5.32 Å². The number of aryl methyl sites for hydroxylation is 2. The van der Waals surface area contributed by atoms with Crippen molar-refractivity contribution in [1.82, 2.24) is 9.97 Å². The van der Waals surface area contributed by atoms with Crippen LogP contribution in [-0.2, 0) is 6.54 Å². The third-order valence-electron chi connectivity index (χ3n) is 2.30. The van der Waals surface area contributed by atoms with Crippen molar-refractivity contribution in [3.8, 4) is 0 Å². The highest BCUT2D eigenvalue weighted by Crippen LogP contribution is 2.19. The molecule has 84 valence electrons. The van der Waals surface area contributed by atoms with E-state index in [0.29, 0.717) is 11.0 Å². The fourth-order valence-electron chi connectivity index (χ4n) is 1.27. The second-order valence-corrected chi connectivity index (χ2v) is 4.66. The van der Waals surface area contributed by atoms with E-state index in [1.807, 2.05) is 19.2 Å². The molecule has 0 aliphatic carbocycles. The number of rotatable bonds is 3. The number of anilines is 1. The Hall–Kier alpha value is -1.13. The molecule has 1 N–H and O–H groups in total. The van der Waals surface area contributed by atoms with E-state index in [9.17, 15) is 0 Å². The molecule has 0 bridgehead atoms. The zero-order valence-corrected chi connectivity index (χ0v) is 10.7. The molecule has 0 unspecified atom stereocenters. The number of thiophene rings is 1. The van der Waals surface area contributed by atoms with Gasteiger partial charge in [0.15, 0.2) is 11.0 Å². The smallest absolute Gasteiger partial charge is 0.171 e. The Labute approximate surface area is 104 Å². The summed E-state index contributed by atoms with van der Waals surface area (Å²) in [6.07, 6.45) is 0. The third kappa shape index (κ3) is 2.51. The number of aromatic nitrogens is 2. The van der Waals surface area contributed by atoms with Crippen LogP contribution in [0.2, 0.25) is 5.15 Å². The molecular weight excluding hydrogens is 242 g/mol. The molecule has 0 saturated heterocycles. The predicted molar refractivity (Wildman–Crippen MR) is 68.2 cm³/mol. The molecule has 0 aliphatic heterocycles. The highest BCUT2D eigenvalue weighted by molar-refractivity contribution is 7.07. The molecule has 2 heterocycles. The maximum atomic E-state index is 6.01. The second-order valence-electron chi connectivity index (χ2n) is 3.52. The van der Waals surface area contributed by atoms with Crippen molar-refractivity contribution in [3.63, 3.8) is 0 Å². The summed E-state index contributed by atoms with van der Waals surface area (Å²) in [4.78, 5) is 8.59. The van der Waals surface area contributed by atoms with Gasteiger partial charge < -0.3 is 5.32 Å². The summed E-state index contributed by atoms with van der Waals surface area (Å²) in [5, 5.41) is 7.75. The van der Waals surface area contributed by atoms with Gasteiger partial charge in [-0.2, -0.15) is 11.3 Å². The highest BCUT2D eigenvalue weighted by atomic mass is 35.5. The SMILES string of the molecule is Cc1nc(Cl)c(NCc2ccsc2)nc1C. The van der Waals surface area contributed by atoms with E-state index < -0.39 is 0 Å². The van der Waals surface area contributed by atoms with Gasteiger partial charge in [-0.05, 0) is 36.2 Å². The van der Waals surface area contributed by atoms with Gasteiger partial charge in [0.25, 0.3) is 0 Å². The van der Waals surface area contributed by atoms with Gasteiger partial charge in [0, 0.05) is 6.54 Å². The van der Waals surface area contributed by atoms with Crippen LogP contribution in [0.25, 0.3) is 0 Å². The van der Waals surface area contributed by atoms with Gasteiger partial charge in [0.2, 0.25) is 0 Å². The maximum Gasteiger partial charge on any atom is 0.171 e. The Morgan fingerprint density at radius 1 is 1.31 bits per heavy atom. The molecule has 0 aromatic carbocycles. The summed E-state index contributed by atoms with van der Waals surface area (Å²) in [5.41, 5.74) is 2.99. The predicted octanol–water partition coefficient (Wildman–Crippen LogP) is 3.42. The van der Waals surface area contributed by atoms with E-state index in [-0.39, 0.29) is 0 Å². The van der Waals surface area contributed by atoms with Gasteiger partial charge >= 0.3 is 0 Å². The Morgan fingerprint density at radius 3 is 2.75 bits per heavy atom. The lowest BCUT2D eigenvalue weighted by molar-refractivity contribution is 1.02. The molecule has 0 radical (unpaired) electrons. The fourth-order valence-corrected chi connectivity index (χ4v) is 2.17. The average molecular weight is 254 g/mol. The lowest BCUT2D eigenvalue weighted by Gasteiger charge is -2.08. The summed E-state index contributed by atoms with van der Waals surface area (Å²) >= 11 is 7.68. The van der Waals surface area contributed by atoms with Crippen LogP contribution in [0.4, 0.5) is 5.82 Å². The van der Waals surface area contributed by atoms with Crippen LogP contribution < -0.4 is 5.32 Å². The number of nitrogens with zero attached hydrogens (tertiary/aromatic N) is 2. The molecular formula is C11H12ClN3S. The van der Waals surface area contributed by atoms with Crippen LogP contribution in [-0.4, -0.2) is 9.97 Å². The summed E-state index contributed by atoms with van der Waals surface area (Å²) in [7, 11) is 0. The Bertz CT molecular complexity index is 482. The molecule has 5 heteroatoms. The first kappa shape index (κ1) is 11.4. The van der Waals surface area contributed by atoms with Gasteiger partial charge in [-0.15, -0.1) is 0 Å². The van der Waals surface area contributed by atoms with Crippen LogP contribution >= 0.6 is 22.9 Å². The molecule has 0 amide bonds. The highest BCUT2D eigenvalue weighted by Gasteiger charge is 2.06. The summed E-state index contributed by atoms with van der Waals surface area (Å²) in [5.74, 6) is 0.649. The van der Waals surface area contributed by atoms with Crippen molar-refractivity contribution < 1.29 is 0 Å². The summed E-state index contributed by atoms with van der Waals surface area (Å²) < 4.78 is 0. The van der Waals surface area contributed by atoms with Crippen molar-refractivity contribution in [2.24, 2.45) is 0 Å². The number of nitrogens with one attached hydrogen (secondary N) is 1. The average Bonchev–Trinajstić information content (AvgIpc) is 2.74. The fraction of sp³-hybridized carbons (Fsp3) is 0.273. The largest absolute Gasteiger partial charge is 0.363 e. The molecule has 0 spiro atoms. The monoisotopic (exact) mass is 253 g/mol. The first-order chi connectivity index (χ1) is 7.66. The molecule has 0 atom stereocenters. The van der Waals surface area contributed by atoms with Crippen LogP contribution in [0.1, 0.15) is 17.0 Å². The van der Waals surface area contributed by atoms with E-state index in [1.165, 1.54) is 5.56 Å². The summed E-state index contributed by atoms with van der Waals surface area (Å²) in [6, 6.07) is 2.07. The van der Waals surface area contributed by atoms with Crippen molar-refractivity contribution >= 4 is 28.8 Å². The zero-order chi connectivity index (χ0) is 11.5. The summed E-state index contributed by atoms with van der Waals surface area (Å²) in [6.45, 7) is 4.55. The zero-order valence-electron chi connectivity index (χ0n) is 9.12. The Morgan fingerprint density at radius 2 is 2.06 bits per heavy atom. The molecule has 0 aliphatic rings. The van der Waals surface area contributed by atoms with E-state index in [1.54, 1.807) is 11.3 Å². The van der Waals surface area contributed by atoms with Crippen LogP contribution in [0, 0.1) is 13.8 Å². The van der Waals surface area contributed by atoms with Crippen LogP contribution in [0.3, 0.4) is 0 Å². The number of hydrogen-bond acceptors (Lipinski definition) is 4. The molecule has 2 aromatic heterocycles. The van der Waals surface area contributed by atoms with E-state index in [0.717, 1.165) is 17.9 Å². The lowest BCUT2D eigenvalue weighted by Crippen LogP contribution is -2.04. The molecule has 2 rings (SSSR count). The standard InChI is InChI=1S/C11H12ClN3S/c1-7-8(2)15-11(10(12)14-7)13-5-9-3-4-16-6-9/h3-4,6H,5H2,1-2H3,(H,13,15).